The summed E-state index contributed by atoms with van der Waals surface area (Å²) in [4.78, 5) is 24.0. The van der Waals surface area contributed by atoms with Gasteiger partial charge in [-0.25, -0.2) is 0 Å². The first-order valence-electron chi connectivity index (χ1n) is 4.73. The van der Waals surface area contributed by atoms with E-state index in [1.54, 1.807) is 6.92 Å². The van der Waals surface area contributed by atoms with Crippen LogP contribution < -0.4 is 5.73 Å². The normalized spacial score (nSPS) is 19.2. The summed E-state index contributed by atoms with van der Waals surface area (Å²) in [5, 5.41) is 0. The molecule has 78 valence electrons. The van der Waals surface area contributed by atoms with Gasteiger partial charge in [0, 0.05) is 24.2 Å². The van der Waals surface area contributed by atoms with Crippen molar-refractivity contribution in [2.45, 2.75) is 26.8 Å². The molecule has 1 aliphatic rings. The van der Waals surface area contributed by atoms with E-state index in [0.717, 1.165) is 0 Å². The monoisotopic (exact) mass is 196 g/mol. The Morgan fingerprint density at radius 1 is 1.43 bits per heavy atom. The number of nitrogens with zero attached hydrogens (tertiary/aromatic N) is 1. The number of carbonyl (C=O) groups is 2. The summed E-state index contributed by atoms with van der Waals surface area (Å²) in [6.45, 7) is 5.89. The van der Waals surface area contributed by atoms with Crippen molar-refractivity contribution in [3.8, 4) is 0 Å². The van der Waals surface area contributed by atoms with Crippen LogP contribution in [-0.4, -0.2) is 29.3 Å². The van der Waals surface area contributed by atoms with E-state index in [1.807, 2.05) is 13.8 Å². The average molecular weight is 196 g/mol. The fourth-order valence-corrected chi connectivity index (χ4v) is 1.23. The molecule has 0 saturated heterocycles. The van der Waals surface area contributed by atoms with Gasteiger partial charge in [-0.3, -0.25) is 14.5 Å². The molecule has 0 aromatic rings. The van der Waals surface area contributed by atoms with Crippen LogP contribution in [0.2, 0.25) is 0 Å². The van der Waals surface area contributed by atoms with Crippen molar-refractivity contribution in [3.05, 3.63) is 11.6 Å². The first-order chi connectivity index (χ1) is 6.43. The first-order valence-corrected chi connectivity index (χ1v) is 4.73. The minimum atomic E-state index is -0.247. The minimum Gasteiger partial charge on any atom is -0.326 e. The number of hydrogen-bond acceptors (Lipinski definition) is 3. The number of nitrogens with two attached hydrogens (primary N) is 1. The summed E-state index contributed by atoms with van der Waals surface area (Å²) in [6, 6.07) is -0.151. The van der Waals surface area contributed by atoms with Gasteiger partial charge in [0.05, 0.1) is 0 Å². The van der Waals surface area contributed by atoms with E-state index in [4.69, 9.17) is 5.73 Å². The van der Waals surface area contributed by atoms with Gasteiger partial charge in [-0.05, 0) is 12.8 Å². The van der Waals surface area contributed by atoms with Crippen LogP contribution in [0.15, 0.2) is 11.6 Å². The van der Waals surface area contributed by atoms with Gasteiger partial charge < -0.3 is 5.73 Å². The first kappa shape index (κ1) is 10.9. The molecule has 2 N–H and O–H groups in total. The second kappa shape index (κ2) is 3.92. The highest BCUT2D eigenvalue weighted by Gasteiger charge is 2.29. The number of hydrogen-bond donors (Lipinski definition) is 1. The average Bonchev–Trinajstić information content (AvgIpc) is 2.32. The zero-order valence-electron chi connectivity index (χ0n) is 8.78. The van der Waals surface area contributed by atoms with Crippen LogP contribution >= 0.6 is 0 Å². The Labute approximate surface area is 83.8 Å². The Morgan fingerprint density at radius 2 is 2.00 bits per heavy atom. The van der Waals surface area contributed by atoms with Crippen molar-refractivity contribution >= 4 is 11.8 Å². The summed E-state index contributed by atoms with van der Waals surface area (Å²) in [7, 11) is 0. The molecule has 0 spiro atoms. The van der Waals surface area contributed by atoms with Crippen LogP contribution in [0.5, 0.6) is 0 Å². The second-order valence-corrected chi connectivity index (χ2v) is 3.99. The maximum atomic E-state index is 11.5. The zero-order chi connectivity index (χ0) is 10.9. The van der Waals surface area contributed by atoms with E-state index in [9.17, 15) is 9.59 Å². The van der Waals surface area contributed by atoms with Crippen molar-refractivity contribution < 1.29 is 9.59 Å². The molecule has 0 aliphatic carbocycles. The molecule has 0 radical (unpaired) electrons. The van der Waals surface area contributed by atoms with Gasteiger partial charge in [0.15, 0.2) is 0 Å². The lowest BCUT2D eigenvalue weighted by Crippen LogP contribution is -2.43. The van der Waals surface area contributed by atoms with Crippen molar-refractivity contribution in [2.75, 3.05) is 6.54 Å². The SMILES string of the molecule is CC1=CC(=O)N(CC(N)C(C)C)C1=O. The molecule has 1 heterocycles. The number of imide groups is 1. The molecule has 14 heavy (non-hydrogen) atoms. The minimum absolute atomic E-state index is 0.151. The highest BCUT2D eigenvalue weighted by molar-refractivity contribution is 6.15. The quantitative estimate of drug-likeness (QED) is 0.660. The molecule has 4 nitrogen and oxygen atoms in total. The number of rotatable bonds is 3. The van der Waals surface area contributed by atoms with Gasteiger partial charge in [-0.2, -0.15) is 0 Å². The maximum Gasteiger partial charge on any atom is 0.256 e. The molecule has 0 saturated carbocycles. The summed E-state index contributed by atoms with van der Waals surface area (Å²) in [5.41, 5.74) is 6.29. The molecule has 0 aromatic carbocycles. The van der Waals surface area contributed by atoms with Crippen LogP contribution in [0.3, 0.4) is 0 Å². The molecule has 0 bridgehead atoms. The van der Waals surface area contributed by atoms with E-state index in [1.165, 1.54) is 11.0 Å². The van der Waals surface area contributed by atoms with E-state index in [2.05, 4.69) is 0 Å². The third-order valence-electron chi connectivity index (χ3n) is 2.44. The molecule has 1 rings (SSSR count). The number of amides is 2. The zero-order valence-corrected chi connectivity index (χ0v) is 8.78. The predicted molar refractivity (Wildman–Crippen MR) is 53.3 cm³/mol. The lowest BCUT2D eigenvalue weighted by Gasteiger charge is -2.22. The largest absolute Gasteiger partial charge is 0.326 e. The standard InChI is InChI=1S/C10H16N2O2/c1-6(2)8(11)5-12-9(13)4-7(3)10(12)14/h4,6,8H,5,11H2,1-3H3. The van der Waals surface area contributed by atoms with Gasteiger partial charge in [0.2, 0.25) is 0 Å². The van der Waals surface area contributed by atoms with Gasteiger partial charge in [-0.15, -0.1) is 0 Å². The Hall–Kier alpha value is -1.16. The summed E-state index contributed by atoms with van der Waals surface area (Å²) in [6.07, 6.45) is 1.36. The lowest BCUT2D eigenvalue weighted by molar-refractivity contribution is -0.137. The smallest absolute Gasteiger partial charge is 0.256 e. The Balaban J connectivity index is 2.64. The Morgan fingerprint density at radius 3 is 2.36 bits per heavy atom. The van der Waals surface area contributed by atoms with Gasteiger partial charge >= 0.3 is 0 Å². The molecule has 0 aromatic heterocycles. The van der Waals surface area contributed by atoms with Crippen molar-refractivity contribution in [2.24, 2.45) is 11.7 Å². The molecule has 1 aliphatic heterocycles. The molecule has 2 amide bonds. The van der Waals surface area contributed by atoms with Crippen LogP contribution in [-0.2, 0) is 9.59 Å². The predicted octanol–water partition coefficient (Wildman–Crippen LogP) is 0.285. The molecule has 1 unspecified atom stereocenters. The van der Waals surface area contributed by atoms with E-state index in [-0.39, 0.29) is 23.8 Å². The molecule has 1 atom stereocenters. The van der Waals surface area contributed by atoms with Crippen molar-refractivity contribution in [1.82, 2.24) is 4.90 Å². The maximum absolute atomic E-state index is 11.5. The fourth-order valence-electron chi connectivity index (χ4n) is 1.23. The third kappa shape index (κ3) is 2.01. The summed E-state index contributed by atoms with van der Waals surface area (Å²) >= 11 is 0. The van der Waals surface area contributed by atoms with Gasteiger partial charge in [-0.1, -0.05) is 13.8 Å². The topological polar surface area (TPSA) is 63.4 Å². The van der Waals surface area contributed by atoms with Gasteiger partial charge in [0.1, 0.15) is 0 Å². The molecular weight excluding hydrogens is 180 g/mol. The number of carbonyl (C=O) groups excluding carboxylic acids is 2. The third-order valence-corrected chi connectivity index (χ3v) is 2.44. The highest BCUT2D eigenvalue weighted by atomic mass is 16.2. The summed E-state index contributed by atoms with van der Waals surface area (Å²) < 4.78 is 0. The van der Waals surface area contributed by atoms with Crippen molar-refractivity contribution in [3.63, 3.8) is 0 Å². The Kier molecular flexibility index (Phi) is 3.06. The van der Waals surface area contributed by atoms with E-state index < -0.39 is 0 Å². The summed E-state index contributed by atoms with van der Waals surface area (Å²) in [5.74, 6) is -0.203. The van der Waals surface area contributed by atoms with Crippen LogP contribution in [0.1, 0.15) is 20.8 Å². The molecule has 4 heteroatoms. The van der Waals surface area contributed by atoms with Crippen molar-refractivity contribution in [1.29, 1.82) is 0 Å². The molecule has 0 fully saturated rings. The van der Waals surface area contributed by atoms with Crippen LogP contribution in [0.25, 0.3) is 0 Å². The van der Waals surface area contributed by atoms with Gasteiger partial charge in [0.25, 0.3) is 11.8 Å². The fraction of sp³-hybridized carbons (Fsp3) is 0.600. The van der Waals surface area contributed by atoms with Crippen LogP contribution in [0, 0.1) is 5.92 Å². The van der Waals surface area contributed by atoms with E-state index in [0.29, 0.717) is 12.1 Å². The Bertz CT molecular complexity index is 294. The lowest BCUT2D eigenvalue weighted by atomic mass is 10.1. The van der Waals surface area contributed by atoms with E-state index >= 15 is 0 Å². The highest BCUT2D eigenvalue weighted by Crippen LogP contribution is 2.13. The van der Waals surface area contributed by atoms with Crippen LogP contribution in [0.4, 0.5) is 0 Å². The molecular formula is C10H16N2O2. The second-order valence-electron chi connectivity index (χ2n) is 3.99.